The minimum Gasteiger partial charge on any atom is -0.465 e. The Labute approximate surface area is 179 Å². The highest BCUT2D eigenvalue weighted by Gasteiger charge is 2.34. The zero-order valence-corrected chi connectivity index (χ0v) is 17.3. The standard InChI is InChI=1S/C22H26F2N4O3/c23-20(24)15-4-3-14-2-1-8-27(19(14)12-15)21-17-13-26(22(29)30)9-5-18(17)28(25-21)16-6-10-31-11-7-16/h3-4,12,16,20H,1-2,5-11,13H2,(H,29,30). The summed E-state index contributed by atoms with van der Waals surface area (Å²) < 4.78 is 34.4. The van der Waals surface area contributed by atoms with Crippen molar-refractivity contribution in [3.63, 3.8) is 0 Å². The van der Waals surface area contributed by atoms with Crippen LogP contribution in [0.25, 0.3) is 0 Å². The van der Waals surface area contributed by atoms with Crippen LogP contribution in [-0.4, -0.2) is 52.2 Å². The van der Waals surface area contributed by atoms with E-state index >= 15 is 0 Å². The number of alkyl halides is 2. The van der Waals surface area contributed by atoms with E-state index < -0.39 is 12.5 Å². The molecule has 3 aliphatic heterocycles. The van der Waals surface area contributed by atoms with E-state index in [-0.39, 0.29) is 18.2 Å². The molecule has 0 saturated carbocycles. The maximum absolute atomic E-state index is 13.4. The van der Waals surface area contributed by atoms with Gasteiger partial charge in [-0.2, -0.15) is 5.10 Å². The number of hydrogen-bond donors (Lipinski definition) is 1. The number of hydrogen-bond acceptors (Lipinski definition) is 4. The van der Waals surface area contributed by atoms with Gasteiger partial charge in [-0.1, -0.05) is 12.1 Å². The minimum absolute atomic E-state index is 0.00413. The minimum atomic E-state index is -2.54. The molecule has 5 rings (SSSR count). The number of nitrogens with zero attached hydrogens (tertiary/aromatic N) is 4. The van der Waals surface area contributed by atoms with Gasteiger partial charge < -0.3 is 19.6 Å². The maximum atomic E-state index is 13.4. The van der Waals surface area contributed by atoms with Crippen LogP contribution in [0, 0.1) is 0 Å². The van der Waals surface area contributed by atoms with Crippen LogP contribution in [0.15, 0.2) is 18.2 Å². The summed E-state index contributed by atoms with van der Waals surface area (Å²) in [4.78, 5) is 15.1. The van der Waals surface area contributed by atoms with Gasteiger partial charge in [-0.3, -0.25) is 4.68 Å². The Morgan fingerprint density at radius 3 is 2.74 bits per heavy atom. The van der Waals surface area contributed by atoms with Gasteiger partial charge in [0, 0.05) is 55.2 Å². The Hall–Kier alpha value is -2.68. The average Bonchev–Trinajstić information content (AvgIpc) is 3.17. The number of ether oxygens (including phenoxy) is 1. The third-order valence-electron chi connectivity index (χ3n) is 6.61. The van der Waals surface area contributed by atoms with Crippen molar-refractivity contribution < 1.29 is 23.4 Å². The van der Waals surface area contributed by atoms with Crippen LogP contribution < -0.4 is 4.90 Å². The highest BCUT2D eigenvalue weighted by Crippen LogP contribution is 2.40. The van der Waals surface area contributed by atoms with Crippen molar-refractivity contribution in [3.8, 4) is 0 Å². The van der Waals surface area contributed by atoms with Crippen LogP contribution in [0.5, 0.6) is 0 Å². The fourth-order valence-electron chi connectivity index (χ4n) is 4.99. The summed E-state index contributed by atoms with van der Waals surface area (Å²) in [5.74, 6) is 0.708. The van der Waals surface area contributed by atoms with E-state index in [0.717, 1.165) is 48.2 Å². The molecular formula is C22H26F2N4O3. The molecular weight excluding hydrogens is 406 g/mol. The highest BCUT2D eigenvalue weighted by atomic mass is 19.3. The molecule has 0 unspecified atom stereocenters. The molecule has 9 heteroatoms. The van der Waals surface area contributed by atoms with Gasteiger partial charge in [0.2, 0.25) is 0 Å². The third-order valence-corrected chi connectivity index (χ3v) is 6.61. The van der Waals surface area contributed by atoms with Crippen molar-refractivity contribution in [1.82, 2.24) is 14.7 Å². The Morgan fingerprint density at radius 1 is 1.19 bits per heavy atom. The molecule has 166 valence electrons. The molecule has 7 nitrogen and oxygen atoms in total. The third kappa shape index (κ3) is 3.64. The summed E-state index contributed by atoms with van der Waals surface area (Å²) in [6, 6.07) is 5.06. The van der Waals surface area contributed by atoms with E-state index in [9.17, 15) is 18.7 Å². The molecule has 1 aromatic heterocycles. The molecule has 4 heterocycles. The smallest absolute Gasteiger partial charge is 0.407 e. The maximum Gasteiger partial charge on any atom is 0.407 e. The van der Waals surface area contributed by atoms with Gasteiger partial charge in [-0.05, 0) is 37.3 Å². The van der Waals surface area contributed by atoms with Gasteiger partial charge in [-0.15, -0.1) is 0 Å². The van der Waals surface area contributed by atoms with E-state index in [1.54, 1.807) is 12.1 Å². The van der Waals surface area contributed by atoms with Gasteiger partial charge >= 0.3 is 6.09 Å². The monoisotopic (exact) mass is 432 g/mol. The lowest BCUT2D eigenvalue weighted by Gasteiger charge is -2.32. The van der Waals surface area contributed by atoms with Gasteiger partial charge in [-0.25, -0.2) is 13.6 Å². The van der Waals surface area contributed by atoms with Crippen LogP contribution in [0.4, 0.5) is 25.1 Å². The van der Waals surface area contributed by atoms with Crippen LogP contribution in [0.2, 0.25) is 0 Å². The lowest BCUT2D eigenvalue weighted by molar-refractivity contribution is 0.0650. The number of carboxylic acid groups (broad SMARTS) is 1. The summed E-state index contributed by atoms with van der Waals surface area (Å²) in [5.41, 5.74) is 3.74. The van der Waals surface area contributed by atoms with Crippen LogP contribution in [0.1, 0.15) is 54.1 Å². The van der Waals surface area contributed by atoms with E-state index in [1.807, 2.05) is 4.90 Å². The summed E-state index contributed by atoms with van der Waals surface area (Å²) in [6.07, 6.45) is 0.566. The zero-order valence-electron chi connectivity index (χ0n) is 17.3. The molecule has 2 aromatic rings. The van der Waals surface area contributed by atoms with Gasteiger partial charge in [0.25, 0.3) is 6.43 Å². The predicted octanol–water partition coefficient (Wildman–Crippen LogP) is 4.29. The topological polar surface area (TPSA) is 70.8 Å². The first kappa shape index (κ1) is 20.2. The van der Waals surface area contributed by atoms with Crippen LogP contribution in [-0.2, 0) is 24.1 Å². The van der Waals surface area contributed by atoms with Crippen molar-refractivity contribution in [3.05, 3.63) is 40.6 Å². The SMILES string of the molecule is O=C(O)N1CCc2c(c(N3CCCc4ccc(C(F)F)cc43)nn2C2CCOCC2)C1. The van der Waals surface area contributed by atoms with Crippen molar-refractivity contribution in [2.75, 3.05) is 31.2 Å². The van der Waals surface area contributed by atoms with E-state index in [2.05, 4.69) is 4.68 Å². The summed E-state index contributed by atoms with van der Waals surface area (Å²) in [7, 11) is 0. The Morgan fingerprint density at radius 2 is 2.00 bits per heavy atom. The molecule has 1 N–H and O–H groups in total. The summed E-state index contributed by atoms with van der Waals surface area (Å²) in [5, 5.41) is 14.5. The fourth-order valence-corrected chi connectivity index (χ4v) is 4.99. The quantitative estimate of drug-likeness (QED) is 0.784. The average molecular weight is 432 g/mol. The van der Waals surface area contributed by atoms with E-state index in [0.29, 0.717) is 38.5 Å². The fraction of sp³-hybridized carbons (Fsp3) is 0.545. The summed E-state index contributed by atoms with van der Waals surface area (Å²) >= 11 is 0. The first-order valence-electron chi connectivity index (χ1n) is 10.9. The van der Waals surface area contributed by atoms with Crippen molar-refractivity contribution in [2.24, 2.45) is 0 Å². The van der Waals surface area contributed by atoms with Crippen molar-refractivity contribution in [2.45, 2.75) is 51.1 Å². The molecule has 3 aliphatic rings. The van der Waals surface area contributed by atoms with Crippen LogP contribution in [0.3, 0.4) is 0 Å². The predicted molar refractivity (Wildman–Crippen MR) is 110 cm³/mol. The highest BCUT2D eigenvalue weighted by molar-refractivity contribution is 5.71. The molecule has 1 aromatic carbocycles. The normalized spacial score (nSPS) is 19.5. The van der Waals surface area contributed by atoms with Crippen LogP contribution >= 0.6 is 0 Å². The number of halogens is 2. The lowest BCUT2D eigenvalue weighted by atomic mass is 9.98. The summed E-state index contributed by atoms with van der Waals surface area (Å²) in [6.45, 7) is 2.73. The molecule has 1 amide bonds. The number of fused-ring (bicyclic) bond motifs is 2. The first-order chi connectivity index (χ1) is 15.0. The zero-order chi connectivity index (χ0) is 21.5. The Bertz CT molecular complexity index is 987. The number of anilines is 2. The molecule has 0 atom stereocenters. The number of rotatable bonds is 3. The number of amides is 1. The molecule has 1 saturated heterocycles. The second kappa shape index (κ2) is 8.11. The Kier molecular flexibility index (Phi) is 5.29. The number of aromatic nitrogens is 2. The molecule has 0 bridgehead atoms. The number of aryl methyl sites for hydroxylation is 1. The van der Waals surface area contributed by atoms with Gasteiger partial charge in [0.1, 0.15) is 0 Å². The van der Waals surface area contributed by atoms with Crippen molar-refractivity contribution >= 4 is 17.6 Å². The van der Waals surface area contributed by atoms with E-state index in [4.69, 9.17) is 9.84 Å². The van der Waals surface area contributed by atoms with Gasteiger partial charge in [0.15, 0.2) is 5.82 Å². The molecule has 31 heavy (non-hydrogen) atoms. The van der Waals surface area contributed by atoms with Gasteiger partial charge in [0.05, 0.1) is 12.6 Å². The number of benzene rings is 1. The Balaban J connectivity index is 1.60. The number of carbonyl (C=O) groups is 1. The molecule has 0 radical (unpaired) electrons. The first-order valence-corrected chi connectivity index (χ1v) is 10.9. The van der Waals surface area contributed by atoms with Crippen molar-refractivity contribution in [1.29, 1.82) is 0 Å². The lowest BCUT2D eigenvalue weighted by Crippen LogP contribution is -2.36. The second-order valence-corrected chi connectivity index (χ2v) is 8.44. The van der Waals surface area contributed by atoms with E-state index in [1.165, 1.54) is 11.0 Å². The molecule has 0 spiro atoms. The molecule has 0 aliphatic carbocycles. The molecule has 1 fully saturated rings. The largest absolute Gasteiger partial charge is 0.465 e. The second-order valence-electron chi connectivity index (χ2n) is 8.44.